The van der Waals surface area contributed by atoms with Gasteiger partial charge < -0.3 is 16.0 Å². The fraction of sp³-hybridized carbons (Fsp3) is 0.667. The number of hydrogen-bond donors (Lipinski definition) is 3. The molecule has 0 saturated heterocycles. The van der Waals surface area contributed by atoms with Crippen LogP contribution in [-0.4, -0.2) is 23.8 Å². The molecule has 0 aromatic heterocycles. The summed E-state index contributed by atoms with van der Waals surface area (Å²) in [6.45, 7) is 7.95. The second-order valence-electron chi connectivity index (χ2n) is 11.6. The lowest BCUT2D eigenvalue weighted by Gasteiger charge is -2.55. The first-order valence-electron chi connectivity index (χ1n) is 12.7. The Morgan fingerprint density at radius 2 is 1.33 bits per heavy atom. The van der Waals surface area contributed by atoms with Gasteiger partial charge in [-0.2, -0.15) is 0 Å². The lowest BCUT2D eigenvalue weighted by atomic mass is 9.49. The Hall–Kier alpha value is -2.37. The number of amides is 3. The summed E-state index contributed by atoms with van der Waals surface area (Å²) in [7, 11) is 0. The number of benzene rings is 1. The van der Waals surface area contributed by atoms with E-state index in [0.29, 0.717) is 41.5 Å². The van der Waals surface area contributed by atoms with Gasteiger partial charge in [-0.3, -0.25) is 14.4 Å². The molecule has 180 valence electrons. The first-order chi connectivity index (χ1) is 15.6. The van der Waals surface area contributed by atoms with Crippen LogP contribution in [0.25, 0.3) is 0 Å². The normalized spacial score (nSPS) is 28.6. The van der Waals surface area contributed by atoms with Crippen LogP contribution in [0, 0.1) is 35.0 Å². The van der Waals surface area contributed by atoms with E-state index in [0.717, 1.165) is 19.3 Å². The van der Waals surface area contributed by atoms with Gasteiger partial charge in [0.15, 0.2) is 0 Å². The van der Waals surface area contributed by atoms with Crippen molar-refractivity contribution in [3.63, 3.8) is 0 Å². The highest BCUT2D eigenvalue weighted by atomic mass is 16.2. The van der Waals surface area contributed by atoms with Crippen LogP contribution in [0.5, 0.6) is 0 Å². The first kappa shape index (κ1) is 23.8. The monoisotopic (exact) mass is 453 g/mol. The van der Waals surface area contributed by atoms with Crippen molar-refractivity contribution in [2.45, 2.75) is 78.7 Å². The summed E-state index contributed by atoms with van der Waals surface area (Å²) in [6.07, 6.45) is 7.29. The molecule has 33 heavy (non-hydrogen) atoms. The van der Waals surface area contributed by atoms with Crippen LogP contribution in [0.15, 0.2) is 24.3 Å². The summed E-state index contributed by atoms with van der Waals surface area (Å²) in [6, 6.07) is 6.55. The number of nitrogens with one attached hydrogen (secondary N) is 3. The van der Waals surface area contributed by atoms with E-state index in [1.54, 1.807) is 24.3 Å². The topological polar surface area (TPSA) is 87.3 Å². The van der Waals surface area contributed by atoms with Crippen LogP contribution in [-0.2, 0) is 14.4 Å². The predicted molar refractivity (Wildman–Crippen MR) is 131 cm³/mol. The molecule has 4 saturated carbocycles. The van der Waals surface area contributed by atoms with Crippen molar-refractivity contribution in [1.82, 2.24) is 5.32 Å². The molecule has 1 atom stereocenters. The Kier molecular flexibility index (Phi) is 6.83. The van der Waals surface area contributed by atoms with E-state index in [9.17, 15) is 14.4 Å². The number of carbonyl (C=O) groups is 3. The fourth-order valence-corrected chi connectivity index (χ4v) is 6.66. The van der Waals surface area contributed by atoms with Crippen LogP contribution in [0.2, 0.25) is 0 Å². The SMILES string of the molecule is CC(C)CC(=O)Nc1ccc(NC(=O)C(NC(=O)C23CC4CC(CC(C4)C2)C3)C(C)C)cc1. The average Bonchev–Trinajstić information content (AvgIpc) is 2.71. The molecule has 3 N–H and O–H groups in total. The van der Waals surface area contributed by atoms with Crippen LogP contribution in [0.1, 0.15) is 72.6 Å². The molecule has 0 aliphatic heterocycles. The molecule has 0 heterocycles. The van der Waals surface area contributed by atoms with Crippen molar-refractivity contribution >= 4 is 29.1 Å². The third-order valence-electron chi connectivity index (χ3n) is 7.79. The van der Waals surface area contributed by atoms with Gasteiger partial charge >= 0.3 is 0 Å². The average molecular weight is 454 g/mol. The van der Waals surface area contributed by atoms with Gasteiger partial charge in [-0.05, 0) is 92.4 Å². The second kappa shape index (κ2) is 9.47. The Morgan fingerprint density at radius 3 is 1.79 bits per heavy atom. The van der Waals surface area contributed by atoms with E-state index >= 15 is 0 Å². The smallest absolute Gasteiger partial charge is 0.247 e. The first-order valence-corrected chi connectivity index (χ1v) is 12.7. The quantitative estimate of drug-likeness (QED) is 0.519. The van der Waals surface area contributed by atoms with Crippen molar-refractivity contribution in [3.05, 3.63) is 24.3 Å². The molecule has 0 spiro atoms. The lowest BCUT2D eigenvalue weighted by molar-refractivity contribution is -0.148. The Labute approximate surface area is 197 Å². The van der Waals surface area contributed by atoms with Crippen molar-refractivity contribution < 1.29 is 14.4 Å². The van der Waals surface area contributed by atoms with Crippen molar-refractivity contribution in [2.75, 3.05) is 10.6 Å². The maximum absolute atomic E-state index is 13.5. The predicted octanol–water partition coefficient (Wildman–Crippen LogP) is 4.97. The minimum Gasteiger partial charge on any atom is -0.344 e. The molecule has 6 heteroatoms. The van der Waals surface area contributed by atoms with Gasteiger partial charge in [-0.1, -0.05) is 27.7 Å². The van der Waals surface area contributed by atoms with E-state index in [2.05, 4.69) is 16.0 Å². The van der Waals surface area contributed by atoms with Gasteiger partial charge in [-0.25, -0.2) is 0 Å². The van der Waals surface area contributed by atoms with Crippen molar-refractivity contribution in [1.29, 1.82) is 0 Å². The van der Waals surface area contributed by atoms with E-state index in [-0.39, 0.29) is 29.1 Å². The van der Waals surface area contributed by atoms with E-state index in [4.69, 9.17) is 0 Å². The molecule has 4 aliphatic rings. The number of rotatable bonds is 8. The molecular weight excluding hydrogens is 414 g/mol. The summed E-state index contributed by atoms with van der Waals surface area (Å²) in [4.78, 5) is 38.5. The molecule has 1 aromatic rings. The Morgan fingerprint density at radius 1 is 0.848 bits per heavy atom. The van der Waals surface area contributed by atoms with E-state index in [1.807, 2.05) is 27.7 Å². The largest absolute Gasteiger partial charge is 0.344 e. The minimum atomic E-state index is -0.573. The standard InChI is InChI=1S/C27H39N3O3/c1-16(2)9-23(31)28-21-5-7-22(8-6-21)29-25(32)24(17(3)4)30-26(33)27-13-18-10-19(14-27)12-20(11-18)15-27/h5-8,16-20,24H,9-15H2,1-4H3,(H,28,31)(H,29,32)(H,30,33). The van der Waals surface area contributed by atoms with Crippen LogP contribution >= 0.6 is 0 Å². The molecule has 0 radical (unpaired) electrons. The zero-order valence-corrected chi connectivity index (χ0v) is 20.4. The zero-order chi connectivity index (χ0) is 23.8. The van der Waals surface area contributed by atoms with Crippen molar-refractivity contribution in [3.8, 4) is 0 Å². The summed E-state index contributed by atoms with van der Waals surface area (Å²) in [5.74, 6) is 2.21. The highest BCUT2D eigenvalue weighted by Crippen LogP contribution is 2.60. The van der Waals surface area contributed by atoms with Gasteiger partial charge in [0.05, 0.1) is 0 Å². The molecular formula is C27H39N3O3. The lowest BCUT2D eigenvalue weighted by Crippen LogP contribution is -2.57. The van der Waals surface area contributed by atoms with Gasteiger partial charge in [0, 0.05) is 23.2 Å². The molecule has 3 amide bonds. The molecule has 1 unspecified atom stereocenters. The summed E-state index contributed by atoms with van der Waals surface area (Å²) < 4.78 is 0. The third-order valence-corrected chi connectivity index (χ3v) is 7.79. The molecule has 4 aliphatic carbocycles. The minimum absolute atomic E-state index is 0.0162. The highest BCUT2D eigenvalue weighted by Gasteiger charge is 2.55. The van der Waals surface area contributed by atoms with Gasteiger partial charge in [0.25, 0.3) is 0 Å². The van der Waals surface area contributed by atoms with Crippen LogP contribution in [0.4, 0.5) is 11.4 Å². The van der Waals surface area contributed by atoms with E-state index < -0.39 is 6.04 Å². The number of carbonyl (C=O) groups excluding carboxylic acids is 3. The van der Waals surface area contributed by atoms with Gasteiger partial charge in [0.2, 0.25) is 17.7 Å². The van der Waals surface area contributed by atoms with E-state index in [1.165, 1.54) is 19.3 Å². The third kappa shape index (κ3) is 5.42. The Bertz CT molecular complexity index is 855. The summed E-state index contributed by atoms with van der Waals surface area (Å²) in [5, 5.41) is 8.97. The second-order valence-corrected chi connectivity index (χ2v) is 11.6. The number of hydrogen-bond acceptors (Lipinski definition) is 3. The molecule has 6 nitrogen and oxygen atoms in total. The maximum atomic E-state index is 13.5. The maximum Gasteiger partial charge on any atom is 0.247 e. The number of anilines is 2. The van der Waals surface area contributed by atoms with Crippen LogP contribution in [0.3, 0.4) is 0 Å². The fourth-order valence-electron chi connectivity index (χ4n) is 6.66. The van der Waals surface area contributed by atoms with Gasteiger partial charge in [-0.15, -0.1) is 0 Å². The zero-order valence-electron chi connectivity index (χ0n) is 20.4. The van der Waals surface area contributed by atoms with Gasteiger partial charge in [0.1, 0.15) is 6.04 Å². The highest BCUT2D eigenvalue weighted by molar-refractivity contribution is 5.98. The molecule has 4 fully saturated rings. The van der Waals surface area contributed by atoms with Crippen molar-refractivity contribution in [2.24, 2.45) is 35.0 Å². The summed E-state index contributed by atoms with van der Waals surface area (Å²) >= 11 is 0. The molecule has 1 aromatic carbocycles. The Balaban J connectivity index is 1.37. The van der Waals surface area contributed by atoms with Crippen LogP contribution < -0.4 is 16.0 Å². The summed E-state index contributed by atoms with van der Waals surface area (Å²) in [5.41, 5.74) is 1.09. The molecule has 5 rings (SSSR count). The molecule has 4 bridgehead atoms.